The highest BCUT2D eigenvalue weighted by atomic mass is 32.1. The molecule has 0 aliphatic carbocycles. The zero-order valence-corrected chi connectivity index (χ0v) is 14.4. The second kappa shape index (κ2) is 7.77. The first-order chi connectivity index (χ1) is 12.2. The highest BCUT2D eigenvalue weighted by Crippen LogP contribution is 2.24. The Morgan fingerprint density at radius 2 is 1.80 bits per heavy atom. The molecule has 4 nitrogen and oxygen atoms in total. The Morgan fingerprint density at radius 1 is 1.00 bits per heavy atom. The first-order valence-electron chi connectivity index (χ1n) is 7.90. The molecule has 0 aliphatic rings. The molecule has 2 aromatic carbocycles. The lowest BCUT2D eigenvalue weighted by molar-refractivity contribution is -0.116. The third-order valence-corrected chi connectivity index (χ3v) is 4.87. The molecule has 1 heterocycles. The maximum atomic E-state index is 12.3. The average molecular weight is 350 g/mol. The Morgan fingerprint density at radius 3 is 2.56 bits per heavy atom. The minimum Gasteiger partial charge on any atom is -0.348 e. The van der Waals surface area contributed by atoms with Crippen LogP contribution in [0.3, 0.4) is 0 Å². The van der Waals surface area contributed by atoms with Crippen LogP contribution in [0.4, 0.5) is 0 Å². The number of carbonyl (C=O) groups excluding carboxylic acids is 2. The molecule has 0 saturated carbocycles. The van der Waals surface area contributed by atoms with Gasteiger partial charge in [-0.25, -0.2) is 0 Å². The second-order valence-electron chi connectivity index (χ2n) is 5.56. The topological polar surface area (TPSA) is 58.2 Å². The van der Waals surface area contributed by atoms with E-state index in [1.54, 1.807) is 23.5 Å². The molecule has 2 N–H and O–H groups in total. The number of thiophene rings is 1. The molecule has 5 heteroatoms. The van der Waals surface area contributed by atoms with Crippen LogP contribution in [0.2, 0.25) is 0 Å². The fourth-order valence-electron chi connectivity index (χ4n) is 2.51. The van der Waals surface area contributed by atoms with E-state index in [1.807, 2.05) is 24.3 Å². The molecule has 1 aromatic heterocycles. The van der Waals surface area contributed by atoms with Crippen LogP contribution in [0.1, 0.15) is 21.5 Å². The van der Waals surface area contributed by atoms with E-state index in [1.165, 1.54) is 16.2 Å². The number of amides is 2. The fourth-order valence-corrected chi connectivity index (χ4v) is 3.42. The summed E-state index contributed by atoms with van der Waals surface area (Å²) in [5, 5.41) is 8.92. The summed E-state index contributed by atoms with van der Waals surface area (Å²) in [7, 11) is 0. The number of hydrogen-bond acceptors (Lipinski definition) is 3. The Bertz CT molecular complexity index is 913. The van der Waals surface area contributed by atoms with Gasteiger partial charge in [-0.1, -0.05) is 36.9 Å². The summed E-state index contributed by atoms with van der Waals surface area (Å²) in [5.74, 6) is -0.334. The quantitative estimate of drug-likeness (QED) is 0.667. The van der Waals surface area contributed by atoms with Gasteiger partial charge in [0.15, 0.2) is 0 Å². The van der Waals surface area contributed by atoms with Gasteiger partial charge >= 0.3 is 0 Å². The number of benzene rings is 2. The molecule has 3 rings (SSSR count). The summed E-state index contributed by atoms with van der Waals surface area (Å²) in [6.07, 6.45) is 1.23. The minimum atomic E-state index is -0.218. The summed E-state index contributed by atoms with van der Waals surface area (Å²) in [5.41, 5.74) is 2.64. The highest BCUT2D eigenvalue weighted by Gasteiger charge is 2.07. The van der Waals surface area contributed by atoms with Gasteiger partial charge in [-0.05, 0) is 46.2 Å². The fraction of sp³-hybridized carbons (Fsp3) is 0.100. The monoisotopic (exact) mass is 350 g/mol. The van der Waals surface area contributed by atoms with E-state index in [2.05, 4.69) is 34.7 Å². The van der Waals surface area contributed by atoms with E-state index in [9.17, 15) is 9.59 Å². The molecular weight excluding hydrogens is 332 g/mol. The van der Waals surface area contributed by atoms with Crippen molar-refractivity contribution in [3.63, 3.8) is 0 Å². The van der Waals surface area contributed by atoms with Gasteiger partial charge in [0.05, 0.1) is 0 Å². The molecule has 0 atom stereocenters. The maximum absolute atomic E-state index is 12.3. The Kier molecular flexibility index (Phi) is 5.26. The molecule has 0 fully saturated rings. The summed E-state index contributed by atoms with van der Waals surface area (Å²) >= 11 is 1.68. The highest BCUT2D eigenvalue weighted by molar-refractivity contribution is 7.17. The molecule has 126 valence electrons. The molecule has 0 bridgehead atoms. The molecule has 0 aliphatic heterocycles. The zero-order valence-electron chi connectivity index (χ0n) is 13.6. The summed E-state index contributed by atoms with van der Waals surface area (Å²) < 4.78 is 1.20. The molecular formula is C20H18N2O2S. The van der Waals surface area contributed by atoms with Crippen molar-refractivity contribution in [2.75, 3.05) is 0 Å². The van der Waals surface area contributed by atoms with Gasteiger partial charge in [0.2, 0.25) is 5.91 Å². The van der Waals surface area contributed by atoms with Crippen LogP contribution in [0.5, 0.6) is 0 Å². The lowest BCUT2D eigenvalue weighted by Crippen LogP contribution is -2.23. The third-order valence-electron chi connectivity index (χ3n) is 3.87. The third kappa shape index (κ3) is 4.14. The number of hydrogen-bond donors (Lipinski definition) is 2. The number of carbonyl (C=O) groups is 2. The van der Waals surface area contributed by atoms with Crippen LogP contribution in [0.15, 0.2) is 66.6 Å². The van der Waals surface area contributed by atoms with Gasteiger partial charge in [0.1, 0.15) is 0 Å². The summed E-state index contributed by atoms with van der Waals surface area (Å²) in [4.78, 5) is 23.5. The van der Waals surface area contributed by atoms with Crippen molar-refractivity contribution in [2.24, 2.45) is 0 Å². The predicted octanol–water partition coefficient (Wildman–Crippen LogP) is 3.63. The first kappa shape index (κ1) is 16.9. The lowest BCUT2D eigenvalue weighted by Gasteiger charge is -2.08. The number of fused-ring (bicyclic) bond motifs is 1. The van der Waals surface area contributed by atoms with Crippen molar-refractivity contribution in [1.82, 2.24) is 10.6 Å². The van der Waals surface area contributed by atoms with Crippen molar-refractivity contribution < 1.29 is 9.59 Å². The first-order valence-corrected chi connectivity index (χ1v) is 8.78. The van der Waals surface area contributed by atoms with Crippen LogP contribution < -0.4 is 10.6 Å². The van der Waals surface area contributed by atoms with E-state index in [0.717, 1.165) is 11.1 Å². The smallest absolute Gasteiger partial charge is 0.251 e. The second-order valence-corrected chi connectivity index (χ2v) is 6.47. The van der Waals surface area contributed by atoms with E-state index >= 15 is 0 Å². The van der Waals surface area contributed by atoms with Crippen LogP contribution in [0, 0.1) is 0 Å². The van der Waals surface area contributed by atoms with Crippen molar-refractivity contribution in [3.8, 4) is 0 Å². The van der Waals surface area contributed by atoms with Crippen LogP contribution in [-0.4, -0.2) is 11.8 Å². The predicted molar refractivity (Wildman–Crippen MR) is 101 cm³/mol. The number of nitrogens with one attached hydrogen (secondary N) is 2. The zero-order chi connectivity index (χ0) is 17.6. The molecule has 0 radical (unpaired) electrons. The van der Waals surface area contributed by atoms with Gasteiger partial charge in [-0.3, -0.25) is 9.59 Å². The largest absolute Gasteiger partial charge is 0.348 e. The number of rotatable bonds is 6. The van der Waals surface area contributed by atoms with Crippen molar-refractivity contribution in [1.29, 1.82) is 0 Å². The van der Waals surface area contributed by atoms with Crippen molar-refractivity contribution in [2.45, 2.75) is 13.1 Å². The SMILES string of the molecule is C=CC(=O)NCc1ccc(C(=O)NCc2cccc3ccsc23)cc1. The van der Waals surface area contributed by atoms with E-state index in [4.69, 9.17) is 0 Å². The molecule has 2 amide bonds. The summed E-state index contributed by atoms with van der Waals surface area (Å²) in [6, 6.07) is 15.4. The van der Waals surface area contributed by atoms with E-state index in [-0.39, 0.29) is 11.8 Å². The molecule has 0 saturated heterocycles. The van der Waals surface area contributed by atoms with Crippen LogP contribution in [0.25, 0.3) is 10.1 Å². The van der Waals surface area contributed by atoms with Gasteiger partial charge < -0.3 is 10.6 Å². The molecule has 0 unspecified atom stereocenters. The normalized spacial score (nSPS) is 10.4. The van der Waals surface area contributed by atoms with Crippen molar-refractivity contribution in [3.05, 3.63) is 83.3 Å². The van der Waals surface area contributed by atoms with Gasteiger partial charge in [0.25, 0.3) is 5.91 Å². The molecule has 0 spiro atoms. The Labute approximate surface area is 150 Å². The average Bonchev–Trinajstić information content (AvgIpc) is 3.14. The Hall–Kier alpha value is -2.92. The molecule has 3 aromatic rings. The van der Waals surface area contributed by atoms with Gasteiger partial charge in [-0.15, -0.1) is 11.3 Å². The van der Waals surface area contributed by atoms with Gasteiger partial charge in [0, 0.05) is 23.4 Å². The van der Waals surface area contributed by atoms with Crippen LogP contribution in [-0.2, 0) is 17.9 Å². The molecule has 25 heavy (non-hydrogen) atoms. The van der Waals surface area contributed by atoms with E-state index < -0.39 is 0 Å². The minimum absolute atomic E-state index is 0.116. The lowest BCUT2D eigenvalue weighted by atomic mass is 10.1. The van der Waals surface area contributed by atoms with Gasteiger partial charge in [-0.2, -0.15) is 0 Å². The standard InChI is InChI=1S/C20H18N2O2S/c1-2-18(23)21-12-14-6-8-16(9-7-14)20(24)22-13-17-5-3-4-15-10-11-25-19(15)17/h2-11H,1,12-13H2,(H,21,23)(H,22,24). The Balaban J connectivity index is 1.60. The van der Waals surface area contributed by atoms with Crippen molar-refractivity contribution >= 4 is 33.2 Å². The van der Waals surface area contributed by atoms with Crippen LogP contribution >= 0.6 is 11.3 Å². The van der Waals surface area contributed by atoms with E-state index in [0.29, 0.717) is 18.7 Å². The maximum Gasteiger partial charge on any atom is 0.251 e. The summed E-state index contributed by atoms with van der Waals surface area (Å²) in [6.45, 7) is 4.31.